The van der Waals surface area contributed by atoms with Crippen LogP contribution in [0.25, 0.3) is 5.57 Å². The first kappa shape index (κ1) is 17.5. The van der Waals surface area contributed by atoms with Gasteiger partial charge in [0.25, 0.3) is 0 Å². The highest BCUT2D eigenvalue weighted by Crippen LogP contribution is 2.36. The van der Waals surface area contributed by atoms with E-state index in [1.165, 1.54) is 0 Å². The average molecular weight is 342 g/mol. The molecule has 6 nitrogen and oxygen atoms in total. The Bertz CT molecular complexity index is 856. The number of methoxy groups -OCH3 is 1. The number of ether oxygens (including phenoxy) is 3. The SMILES string of the molecule is CCCOC1(COC)C(C(=O)OCC)=NC=C2N=c3ccccc3=C21. The highest BCUT2D eigenvalue weighted by atomic mass is 16.6. The van der Waals surface area contributed by atoms with Gasteiger partial charge in [0.05, 0.1) is 30.5 Å². The van der Waals surface area contributed by atoms with Gasteiger partial charge in [-0.15, -0.1) is 0 Å². The Morgan fingerprint density at radius 3 is 2.76 bits per heavy atom. The van der Waals surface area contributed by atoms with Crippen LogP contribution in [0.1, 0.15) is 20.3 Å². The highest BCUT2D eigenvalue weighted by molar-refractivity contribution is 6.43. The number of rotatable bonds is 7. The number of hydrogen-bond acceptors (Lipinski definition) is 6. The fourth-order valence-corrected chi connectivity index (χ4v) is 3.19. The van der Waals surface area contributed by atoms with E-state index < -0.39 is 11.6 Å². The number of hydrogen-bond donors (Lipinski definition) is 0. The lowest BCUT2D eigenvalue weighted by Gasteiger charge is -2.36. The maximum absolute atomic E-state index is 12.6. The third-order valence-electron chi connectivity index (χ3n) is 4.14. The van der Waals surface area contributed by atoms with Crippen LogP contribution in [0, 0.1) is 0 Å². The minimum absolute atomic E-state index is 0.154. The first-order valence-electron chi connectivity index (χ1n) is 8.45. The minimum Gasteiger partial charge on any atom is -0.461 e. The third-order valence-corrected chi connectivity index (χ3v) is 4.14. The minimum atomic E-state index is -1.13. The smallest absolute Gasteiger partial charge is 0.356 e. The molecule has 0 radical (unpaired) electrons. The maximum atomic E-state index is 12.6. The molecule has 2 aliphatic heterocycles. The molecule has 0 aliphatic carbocycles. The van der Waals surface area contributed by atoms with Crippen molar-refractivity contribution in [3.05, 3.63) is 46.7 Å². The van der Waals surface area contributed by atoms with Gasteiger partial charge in [0.15, 0.2) is 11.3 Å². The summed E-state index contributed by atoms with van der Waals surface area (Å²) in [6, 6.07) is 7.78. The summed E-state index contributed by atoms with van der Waals surface area (Å²) < 4.78 is 16.9. The van der Waals surface area contributed by atoms with Crippen molar-refractivity contribution in [3.63, 3.8) is 0 Å². The Kier molecular flexibility index (Phi) is 5.11. The molecule has 1 atom stereocenters. The normalized spacial score (nSPS) is 21.0. The van der Waals surface area contributed by atoms with Crippen molar-refractivity contribution < 1.29 is 19.0 Å². The molecule has 1 unspecified atom stereocenters. The van der Waals surface area contributed by atoms with Crippen LogP contribution >= 0.6 is 0 Å². The molecule has 0 bridgehead atoms. The molecule has 2 aliphatic rings. The molecule has 1 aromatic carbocycles. The van der Waals surface area contributed by atoms with Gasteiger partial charge in [-0.05, 0) is 19.4 Å². The van der Waals surface area contributed by atoms with Crippen LogP contribution < -0.4 is 10.6 Å². The second-order valence-electron chi connectivity index (χ2n) is 5.82. The number of carbonyl (C=O) groups is 1. The Hall–Kier alpha value is -2.31. The first-order valence-corrected chi connectivity index (χ1v) is 8.45. The summed E-state index contributed by atoms with van der Waals surface area (Å²) in [5, 5.41) is 1.77. The highest BCUT2D eigenvalue weighted by Gasteiger charge is 2.49. The third kappa shape index (κ3) is 2.92. The monoisotopic (exact) mass is 342 g/mol. The van der Waals surface area contributed by atoms with E-state index >= 15 is 0 Å². The fourth-order valence-electron chi connectivity index (χ4n) is 3.19. The Labute approximate surface area is 146 Å². The number of benzene rings is 1. The first-order chi connectivity index (χ1) is 12.2. The van der Waals surface area contributed by atoms with Crippen LogP contribution in [0.15, 0.2) is 46.1 Å². The molecule has 0 spiro atoms. The summed E-state index contributed by atoms with van der Waals surface area (Å²) in [7, 11) is 1.58. The van der Waals surface area contributed by atoms with Crippen molar-refractivity contribution in [3.8, 4) is 0 Å². The van der Waals surface area contributed by atoms with Gasteiger partial charge in [-0.2, -0.15) is 0 Å². The number of aliphatic imine (C=N–C) groups is 1. The fraction of sp³-hybridized carbons (Fsp3) is 0.421. The van der Waals surface area contributed by atoms with Gasteiger partial charge >= 0.3 is 5.97 Å². The van der Waals surface area contributed by atoms with Gasteiger partial charge in [0, 0.05) is 24.5 Å². The Morgan fingerprint density at radius 1 is 1.24 bits per heavy atom. The lowest BCUT2D eigenvalue weighted by atomic mass is 9.84. The predicted octanol–water partition coefficient (Wildman–Crippen LogP) is 1.14. The molecule has 0 aromatic heterocycles. The van der Waals surface area contributed by atoms with E-state index in [-0.39, 0.29) is 18.9 Å². The van der Waals surface area contributed by atoms with Gasteiger partial charge in [0.2, 0.25) is 0 Å². The lowest BCUT2D eigenvalue weighted by molar-refractivity contribution is -0.136. The molecular formula is C19H22N2O4. The maximum Gasteiger partial charge on any atom is 0.356 e. The molecule has 25 heavy (non-hydrogen) atoms. The number of esters is 1. The molecule has 2 heterocycles. The van der Waals surface area contributed by atoms with Crippen LogP contribution in [-0.2, 0) is 19.0 Å². The summed E-state index contributed by atoms with van der Waals surface area (Å²) in [5.41, 5.74) is 0.589. The molecule has 0 N–H and O–H groups in total. The zero-order chi connectivity index (χ0) is 17.9. The quantitative estimate of drug-likeness (QED) is 0.697. The van der Waals surface area contributed by atoms with Crippen molar-refractivity contribution >= 4 is 17.3 Å². The molecular weight excluding hydrogens is 320 g/mol. The molecule has 132 valence electrons. The Morgan fingerprint density at radius 2 is 2.04 bits per heavy atom. The molecule has 6 heteroatoms. The zero-order valence-electron chi connectivity index (χ0n) is 14.7. The van der Waals surface area contributed by atoms with Crippen molar-refractivity contribution in [1.29, 1.82) is 0 Å². The van der Waals surface area contributed by atoms with Gasteiger partial charge in [-0.25, -0.2) is 14.8 Å². The van der Waals surface area contributed by atoms with Crippen LogP contribution in [0.4, 0.5) is 0 Å². The summed E-state index contributed by atoms with van der Waals surface area (Å²) in [6.45, 7) is 4.66. The van der Waals surface area contributed by atoms with Crippen LogP contribution in [-0.4, -0.2) is 44.2 Å². The van der Waals surface area contributed by atoms with E-state index in [1.807, 2.05) is 31.2 Å². The van der Waals surface area contributed by atoms with Crippen molar-refractivity contribution in [2.75, 3.05) is 26.9 Å². The molecule has 3 rings (SSSR count). The van der Waals surface area contributed by atoms with Gasteiger partial charge in [-0.1, -0.05) is 25.1 Å². The second kappa shape index (κ2) is 7.29. The Balaban J connectivity index is 2.25. The lowest BCUT2D eigenvalue weighted by Crippen LogP contribution is -2.54. The molecule has 0 fully saturated rings. The van der Waals surface area contributed by atoms with E-state index in [4.69, 9.17) is 14.2 Å². The summed E-state index contributed by atoms with van der Waals surface area (Å²) >= 11 is 0. The van der Waals surface area contributed by atoms with Crippen molar-refractivity contribution in [2.45, 2.75) is 25.9 Å². The molecule has 1 aromatic rings. The van der Waals surface area contributed by atoms with Gasteiger partial charge in [-0.3, -0.25) is 0 Å². The van der Waals surface area contributed by atoms with E-state index in [0.29, 0.717) is 12.3 Å². The molecule has 0 saturated carbocycles. The largest absolute Gasteiger partial charge is 0.461 e. The van der Waals surface area contributed by atoms with Crippen molar-refractivity contribution in [2.24, 2.45) is 9.98 Å². The summed E-state index contributed by atoms with van der Waals surface area (Å²) in [4.78, 5) is 21.6. The predicted molar refractivity (Wildman–Crippen MR) is 93.6 cm³/mol. The van der Waals surface area contributed by atoms with E-state index in [2.05, 4.69) is 9.98 Å². The number of nitrogens with zero attached hydrogens (tertiary/aromatic N) is 2. The van der Waals surface area contributed by atoms with Crippen LogP contribution in [0.3, 0.4) is 0 Å². The zero-order valence-corrected chi connectivity index (χ0v) is 14.7. The second-order valence-corrected chi connectivity index (χ2v) is 5.82. The summed E-state index contributed by atoms with van der Waals surface area (Å²) in [5.74, 6) is -0.497. The van der Waals surface area contributed by atoms with Gasteiger partial charge < -0.3 is 14.2 Å². The average Bonchev–Trinajstić information content (AvgIpc) is 3.00. The van der Waals surface area contributed by atoms with Crippen molar-refractivity contribution in [1.82, 2.24) is 0 Å². The number of carbonyl (C=O) groups excluding carboxylic acids is 1. The molecule has 0 saturated heterocycles. The number of fused-ring (bicyclic) bond motifs is 2. The standard InChI is InChI=1S/C19H22N2O4/c1-4-10-25-19(12-23-3)16-13-8-6-7-9-14(13)21-15(16)11-20-17(19)18(22)24-5-2/h6-9,11H,4-5,10,12H2,1-3H3. The van der Waals surface area contributed by atoms with E-state index in [1.54, 1.807) is 20.2 Å². The molecule has 0 amide bonds. The van der Waals surface area contributed by atoms with Gasteiger partial charge in [0.1, 0.15) is 0 Å². The van der Waals surface area contributed by atoms with Crippen LogP contribution in [0.2, 0.25) is 0 Å². The summed E-state index contributed by atoms with van der Waals surface area (Å²) in [6.07, 6.45) is 2.40. The topological polar surface area (TPSA) is 69.5 Å². The van der Waals surface area contributed by atoms with E-state index in [9.17, 15) is 4.79 Å². The van der Waals surface area contributed by atoms with Crippen LogP contribution in [0.5, 0.6) is 0 Å². The van der Waals surface area contributed by atoms with E-state index in [0.717, 1.165) is 22.6 Å². The number of para-hydroxylation sites is 1.